The highest BCUT2D eigenvalue weighted by Gasteiger charge is 2.63. The maximum Gasteiger partial charge on any atom is 0.338 e. The average Bonchev–Trinajstić information content (AvgIpc) is 2.33. The van der Waals surface area contributed by atoms with E-state index in [0.29, 0.717) is 6.42 Å². The lowest BCUT2D eigenvalue weighted by Gasteiger charge is -2.29. The lowest BCUT2D eigenvalue weighted by Crippen LogP contribution is -2.43. The Bertz CT molecular complexity index is 282. The minimum atomic E-state index is -1.44. The van der Waals surface area contributed by atoms with Crippen molar-refractivity contribution < 1.29 is 19.7 Å². The molecule has 5 atom stereocenters. The van der Waals surface area contributed by atoms with Gasteiger partial charge in [0.2, 0.25) is 0 Å². The van der Waals surface area contributed by atoms with Crippen LogP contribution in [0.4, 0.5) is 0 Å². The molecule has 0 aromatic carbocycles. The SMILES string of the molecule is CC1C2C(CC1(C)O)OC(=O)C2(C)O. The lowest BCUT2D eigenvalue weighted by molar-refractivity contribution is -0.157. The third kappa shape index (κ3) is 1.04. The first-order valence-electron chi connectivity index (χ1n) is 4.92. The van der Waals surface area contributed by atoms with Crippen LogP contribution in [-0.2, 0) is 9.53 Å². The molecule has 0 spiro atoms. The molecule has 0 amide bonds. The fourth-order valence-corrected chi connectivity index (χ4v) is 2.79. The van der Waals surface area contributed by atoms with E-state index in [9.17, 15) is 15.0 Å². The topological polar surface area (TPSA) is 66.8 Å². The Hall–Kier alpha value is -0.610. The molecule has 4 nitrogen and oxygen atoms in total. The van der Waals surface area contributed by atoms with Crippen molar-refractivity contribution in [3.8, 4) is 0 Å². The van der Waals surface area contributed by atoms with Crippen LogP contribution in [0.15, 0.2) is 0 Å². The summed E-state index contributed by atoms with van der Waals surface area (Å²) in [5, 5.41) is 19.9. The van der Waals surface area contributed by atoms with Gasteiger partial charge in [0.15, 0.2) is 5.60 Å². The van der Waals surface area contributed by atoms with Crippen molar-refractivity contribution in [3.63, 3.8) is 0 Å². The van der Waals surface area contributed by atoms with Crippen molar-refractivity contribution in [2.75, 3.05) is 0 Å². The predicted octanol–water partition coefficient (Wildman–Crippen LogP) is 0.0698. The maximum absolute atomic E-state index is 11.3. The Morgan fingerprint density at radius 1 is 1.43 bits per heavy atom. The second-order valence-electron chi connectivity index (χ2n) is 4.97. The molecule has 1 saturated carbocycles. The van der Waals surface area contributed by atoms with Crippen LogP contribution in [-0.4, -0.2) is 33.5 Å². The number of rotatable bonds is 0. The molecule has 0 aromatic heterocycles. The number of fused-ring (bicyclic) bond motifs is 1. The Kier molecular flexibility index (Phi) is 1.77. The Morgan fingerprint density at radius 2 is 2.00 bits per heavy atom. The average molecular weight is 200 g/mol. The minimum absolute atomic E-state index is 0.131. The maximum atomic E-state index is 11.3. The van der Waals surface area contributed by atoms with Crippen molar-refractivity contribution in [1.82, 2.24) is 0 Å². The molecule has 0 bridgehead atoms. The number of esters is 1. The number of carbonyl (C=O) groups excluding carboxylic acids is 1. The van der Waals surface area contributed by atoms with Gasteiger partial charge in [-0.1, -0.05) is 6.92 Å². The largest absolute Gasteiger partial charge is 0.460 e. The van der Waals surface area contributed by atoms with E-state index in [4.69, 9.17) is 4.74 Å². The summed E-state index contributed by atoms with van der Waals surface area (Å²) in [5.41, 5.74) is -2.29. The monoisotopic (exact) mass is 200 g/mol. The van der Waals surface area contributed by atoms with Crippen molar-refractivity contribution in [3.05, 3.63) is 0 Å². The predicted molar refractivity (Wildman–Crippen MR) is 48.4 cm³/mol. The fourth-order valence-electron chi connectivity index (χ4n) is 2.79. The highest BCUT2D eigenvalue weighted by atomic mass is 16.6. The van der Waals surface area contributed by atoms with Crippen molar-refractivity contribution in [2.45, 2.75) is 44.5 Å². The van der Waals surface area contributed by atoms with Crippen LogP contribution in [0.3, 0.4) is 0 Å². The summed E-state index contributed by atoms with van der Waals surface area (Å²) in [6, 6.07) is 0. The summed E-state index contributed by atoms with van der Waals surface area (Å²) in [6.07, 6.45) is 0.0864. The molecule has 1 aliphatic heterocycles. The third-order valence-corrected chi connectivity index (χ3v) is 3.86. The van der Waals surface area contributed by atoms with Gasteiger partial charge in [-0.25, -0.2) is 4.79 Å². The molecule has 2 rings (SSSR count). The highest BCUT2D eigenvalue weighted by molar-refractivity contribution is 5.82. The molecule has 2 N–H and O–H groups in total. The molecule has 14 heavy (non-hydrogen) atoms. The molecule has 1 saturated heterocycles. The number of ether oxygens (including phenoxy) is 1. The smallest absolute Gasteiger partial charge is 0.338 e. The zero-order valence-electron chi connectivity index (χ0n) is 8.65. The zero-order chi connectivity index (χ0) is 10.7. The summed E-state index contributed by atoms with van der Waals surface area (Å²) in [4.78, 5) is 11.3. The van der Waals surface area contributed by atoms with Crippen LogP contribution < -0.4 is 0 Å². The Balaban J connectivity index is 2.35. The molecule has 2 fully saturated rings. The highest BCUT2D eigenvalue weighted by Crippen LogP contribution is 2.50. The van der Waals surface area contributed by atoms with Crippen molar-refractivity contribution >= 4 is 5.97 Å². The standard InChI is InChI=1S/C10H16O4/c1-5-7-6(4-9(5,2)12)14-8(11)10(7,3)13/h5-7,12-13H,4H2,1-3H3. The first-order valence-corrected chi connectivity index (χ1v) is 4.92. The molecule has 0 radical (unpaired) electrons. The molecule has 1 aliphatic carbocycles. The summed E-state index contributed by atoms with van der Waals surface area (Å²) in [5.74, 6) is -0.978. The Morgan fingerprint density at radius 3 is 2.50 bits per heavy atom. The van der Waals surface area contributed by atoms with Gasteiger partial charge in [0.1, 0.15) is 6.10 Å². The molecule has 5 unspecified atom stereocenters. The summed E-state index contributed by atoms with van der Waals surface area (Å²) >= 11 is 0. The van der Waals surface area contributed by atoms with Gasteiger partial charge in [-0.15, -0.1) is 0 Å². The minimum Gasteiger partial charge on any atom is -0.460 e. The summed E-state index contributed by atoms with van der Waals surface area (Å²) in [6.45, 7) is 5.04. The van der Waals surface area contributed by atoms with Crippen molar-refractivity contribution in [2.24, 2.45) is 11.8 Å². The zero-order valence-corrected chi connectivity index (χ0v) is 8.65. The van der Waals surface area contributed by atoms with Crippen molar-refractivity contribution in [1.29, 1.82) is 0 Å². The normalized spacial score (nSPS) is 57.2. The quantitative estimate of drug-likeness (QED) is 0.543. The van der Waals surface area contributed by atoms with E-state index in [-0.39, 0.29) is 17.9 Å². The first kappa shape index (κ1) is 9.93. The van der Waals surface area contributed by atoms with Gasteiger partial charge < -0.3 is 14.9 Å². The van der Waals surface area contributed by atoms with E-state index < -0.39 is 17.2 Å². The van der Waals surface area contributed by atoms with E-state index in [1.165, 1.54) is 6.92 Å². The van der Waals surface area contributed by atoms with Gasteiger partial charge in [-0.3, -0.25) is 0 Å². The molecule has 4 heteroatoms. The number of aliphatic hydroxyl groups is 2. The van der Waals surface area contributed by atoms with Crippen LogP contribution in [0, 0.1) is 11.8 Å². The number of hydrogen-bond acceptors (Lipinski definition) is 4. The van der Waals surface area contributed by atoms with Gasteiger partial charge in [0.05, 0.1) is 5.60 Å². The van der Waals surface area contributed by atoms with Crippen LogP contribution >= 0.6 is 0 Å². The van der Waals surface area contributed by atoms with Gasteiger partial charge in [-0.05, 0) is 19.8 Å². The van der Waals surface area contributed by atoms with Crippen LogP contribution in [0.2, 0.25) is 0 Å². The number of carbonyl (C=O) groups is 1. The van der Waals surface area contributed by atoms with E-state index in [1.807, 2.05) is 6.92 Å². The number of hydrogen-bond donors (Lipinski definition) is 2. The molecule has 2 aliphatic rings. The fraction of sp³-hybridized carbons (Fsp3) is 0.900. The van der Waals surface area contributed by atoms with Crippen LogP contribution in [0.25, 0.3) is 0 Å². The first-order chi connectivity index (χ1) is 6.27. The Labute approximate surface area is 82.9 Å². The van der Waals surface area contributed by atoms with E-state index in [1.54, 1.807) is 6.92 Å². The van der Waals surface area contributed by atoms with Crippen LogP contribution in [0.1, 0.15) is 27.2 Å². The molecule has 80 valence electrons. The van der Waals surface area contributed by atoms with Gasteiger partial charge in [-0.2, -0.15) is 0 Å². The second kappa shape index (κ2) is 2.49. The van der Waals surface area contributed by atoms with Gasteiger partial charge in [0.25, 0.3) is 0 Å². The van der Waals surface area contributed by atoms with E-state index in [2.05, 4.69) is 0 Å². The van der Waals surface area contributed by atoms with Gasteiger partial charge >= 0.3 is 5.97 Å². The van der Waals surface area contributed by atoms with E-state index >= 15 is 0 Å². The third-order valence-electron chi connectivity index (χ3n) is 3.86. The molecule has 0 aromatic rings. The molecule has 1 heterocycles. The van der Waals surface area contributed by atoms with Crippen LogP contribution in [0.5, 0.6) is 0 Å². The second-order valence-corrected chi connectivity index (χ2v) is 4.97. The van der Waals surface area contributed by atoms with E-state index in [0.717, 1.165) is 0 Å². The molecular weight excluding hydrogens is 184 g/mol. The molecular formula is C10H16O4. The summed E-state index contributed by atoms with van der Waals surface area (Å²) in [7, 11) is 0. The summed E-state index contributed by atoms with van der Waals surface area (Å²) < 4.78 is 5.06. The van der Waals surface area contributed by atoms with Gasteiger partial charge in [0, 0.05) is 12.3 Å². The lowest BCUT2D eigenvalue weighted by atomic mass is 9.80.